The Hall–Kier alpha value is -3.59. The molecule has 2 aromatic heterocycles. The third kappa shape index (κ3) is 3.57. The molecule has 4 rings (SSSR count). The van der Waals surface area contributed by atoms with Crippen molar-refractivity contribution in [3.8, 4) is 11.4 Å². The topological polar surface area (TPSA) is 88.1 Å². The maximum Gasteiger partial charge on any atom is 0.316 e. The van der Waals surface area contributed by atoms with E-state index in [0.29, 0.717) is 22.3 Å². The predicted octanol–water partition coefficient (Wildman–Crippen LogP) is 2.45. The summed E-state index contributed by atoms with van der Waals surface area (Å²) in [7, 11) is 3.05. The lowest BCUT2D eigenvalue weighted by Gasteiger charge is -2.11. The van der Waals surface area contributed by atoms with Crippen LogP contribution >= 0.6 is 11.8 Å². The van der Waals surface area contributed by atoms with Gasteiger partial charge in [0.2, 0.25) is 0 Å². The molecule has 0 N–H and O–H groups in total. The van der Waals surface area contributed by atoms with Crippen molar-refractivity contribution in [2.24, 2.45) is 7.05 Å². The SMILES string of the molecule is COC(=O)CSc1nc2ccccc2c(=O)n1-c1c(C)n(C)n(-c2ccccc2)c1=O. The van der Waals surface area contributed by atoms with Crippen LogP contribution in [0.5, 0.6) is 0 Å². The zero-order chi connectivity index (χ0) is 22.1. The number of para-hydroxylation sites is 2. The summed E-state index contributed by atoms with van der Waals surface area (Å²) in [5.74, 6) is -0.495. The number of aromatic nitrogens is 4. The van der Waals surface area contributed by atoms with Gasteiger partial charge in [-0.15, -0.1) is 0 Å². The minimum atomic E-state index is -0.453. The van der Waals surface area contributed by atoms with Crippen molar-refractivity contribution in [3.63, 3.8) is 0 Å². The number of hydrogen-bond donors (Lipinski definition) is 0. The molecular weight excluding hydrogens is 416 g/mol. The molecular formula is C22H20N4O4S. The van der Waals surface area contributed by atoms with Crippen molar-refractivity contribution in [2.75, 3.05) is 12.9 Å². The molecule has 31 heavy (non-hydrogen) atoms. The number of esters is 1. The normalized spacial score (nSPS) is 11.1. The molecule has 0 amide bonds. The van der Waals surface area contributed by atoms with Crippen molar-refractivity contribution in [2.45, 2.75) is 12.1 Å². The predicted molar refractivity (Wildman–Crippen MR) is 119 cm³/mol. The largest absolute Gasteiger partial charge is 0.468 e. The fourth-order valence-electron chi connectivity index (χ4n) is 3.40. The van der Waals surface area contributed by atoms with Gasteiger partial charge in [-0.1, -0.05) is 42.1 Å². The van der Waals surface area contributed by atoms with E-state index in [-0.39, 0.29) is 27.7 Å². The summed E-state index contributed by atoms with van der Waals surface area (Å²) in [4.78, 5) is 43.3. The number of hydrogen-bond acceptors (Lipinski definition) is 6. The van der Waals surface area contributed by atoms with E-state index < -0.39 is 5.97 Å². The molecule has 0 bridgehead atoms. The third-order valence-electron chi connectivity index (χ3n) is 5.04. The zero-order valence-corrected chi connectivity index (χ0v) is 18.0. The van der Waals surface area contributed by atoms with Crippen LogP contribution in [0.2, 0.25) is 0 Å². The Morgan fingerprint density at radius 2 is 1.71 bits per heavy atom. The molecule has 0 unspecified atom stereocenters. The van der Waals surface area contributed by atoms with Gasteiger partial charge < -0.3 is 4.74 Å². The number of carbonyl (C=O) groups excluding carboxylic acids is 1. The first-order chi connectivity index (χ1) is 14.9. The average Bonchev–Trinajstić information content (AvgIpc) is 3.01. The number of ether oxygens (including phenoxy) is 1. The Bertz CT molecular complexity index is 1400. The van der Waals surface area contributed by atoms with E-state index >= 15 is 0 Å². The van der Waals surface area contributed by atoms with Crippen LogP contribution in [0.4, 0.5) is 0 Å². The molecule has 0 saturated carbocycles. The lowest BCUT2D eigenvalue weighted by molar-refractivity contribution is -0.137. The Kier molecular flexibility index (Phi) is 5.51. The quantitative estimate of drug-likeness (QED) is 0.271. The molecule has 2 aromatic carbocycles. The molecule has 0 atom stereocenters. The fraction of sp³-hybridized carbons (Fsp3) is 0.182. The van der Waals surface area contributed by atoms with Crippen molar-refractivity contribution in [1.29, 1.82) is 0 Å². The number of methoxy groups -OCH3 is 1. The molecule has 9 heteroatoms. The average molecular weight is 436 g/mol. The molecule has 0 aliphatic heterocycles. The third-order valence-corrected chi connectivity index (χ3v) is 5.95. The standard InChI is InChI=1S/C22H20N4O4S/c1-14-19(21(29)26(24(14)2)15-9-5-4-6-10-15)25-20(28)16-11-7-8-12-17(16)23-22(25)31-13-18(27)30-3/h4-12H,13H2,1-3H3. The minimum absolute atomic E-state index is 0.0416. The Morgan fingerprint density at radius 1 is 1.03 bits per heavy atom. The van der Waals surface area contributed by atoms with Gasteiger partial charge in [-0.2, -0.15) is 0 Å². The summed E-state index contributed by atoms with van der Waals surface area (Å²) in [6.45, 7) is 1.77. The van der Waals surface area contributed by atoms with E-state index in [2.05, 4.69) is 4.98 Å². The summed E-state index contributed by atoms with van der Waals surface area (Å²) >= 11 is 1.05. The van der Waals surface area contributed by atoms with E-state index in [1.165, 1.54) is 16.4 Å². The summed E-state index contributed by atoms with van der Waals surface area (Å²) in [5, 5.41) is 0.638. The lowest BCUT2D eigenvalue weighted by Crippen LogP contribution is -2.28. The van der Waals surface area contributed by atoms with Crippen molar-refractivity contribution >= 4 is 28.6 Å². The van der Waals surface area contributed by atoms with Crippen molar-refractivity contribution in [3.05, 3.63) is 81.0 Å². The highest BCUT2D eigenvalue weighted by atomic mass is 32.2. The highest BCUT2D eigenvalue weighted by molar-refractivity contribution is 7.99. The first kappa shape index (κ1) is 20.7. The van der Waals surface area contributed by atoms with Crippen molar-refractivity contribution < 1.29 is 9.53 Å². The summed E-state index contributed by atoms with van der Waals surface area (Å²) in [5.41, 5.74) is 1.23. The molecule has 0 aliphatic carbocycles. The molecule has 0 aliphatic rings. The highest BCUT2D eigenvalue weighted by Crippen LogP contribution is 2.22. The maximum atomic E-state index is 13.5. The molecule has 4 aromatic rings. The van der Waals surface area contributed by atoms with Gasteiger partial charge in [-0.05, 0) is 31.2 Å². The van der Waals surface area contributed by atoms with Gasteiger partial charge in [0, 0.05) is 7.05 Å². The number of fused-ring (bicyclic) bond motifs is 1. The van der Waals surface area contributed by atoms with E-state index in [9.17, 15) is 14.4 Å². The van der Waals surface area contributed by atoms with E-state index in [1.807, 2.05) is 30.3 Å². The molecule has 0 saturated heterocycles. The van der Waals surface area contributed by atoms with Crippen LogP contribution in [0.15, 0.2) is 69.3 Å². The van der Waals surface area contributed by atoms with Crippen LogP contribution in [-0.4, -0.2) is 37.7 Å². The van der Waals surface area contributed by atoms with Crippen LogP contribution in [-0.2, 0) is 16.6 Å². The lowest BCUT2D eigenvalue weighted by atomic mass is 10.2. The zero-order valence-electron chi connectivity index (χ0n) is 17.2. The number of benzene rings is 2. The molecule has 8 nitrogen and oxygen atoms in total. The van der Waals surface area contributed by atoms with Gasteiger partial charge >= 0.3 is 5.97 Å². The molecule has 0 spiro atoms. The van der Waals surface area contributed by atoms with Crippen molar-refractivity contribution in [1.82, 2.24) is 18.9 Å². The number of carbonyl (C=O) groups is 1. The number of nitrogens with zero attached hydrogens (tertiary/aromatic N) is 4. The van der Waals surface area contributed by atoms with Gasteiger partial charge in [0.25, 0.3) is 11.1 Å². The fourth-order valence-corrected chi connectivity index (χ4v) is 4.23. The van der Waals surface area contributed by atoms with Crippen LogP contribution < -0.4 is 11.1 Å². The molecule has 158 valence electrons. The van der Waals surface area contributed by atoms with E-state index in [1.54, 1.807) is 42.9 Å². The summed E-state index contributed by atoms with van der Waals surface area (Å²) in [6, 6.07) is 16.1. The van der Waals surface area contributed by atoms with E-state index in [4.69, 9.17) is 4.74 Å². The maximum absolute atomic E-state index is 13.5. The molecule has 2 heterocycles. The Balaban J connectivity index is 2.02. The van der Waals surface area contributed by atoms with Crippen LogP contribution in [0.3, 0.4) is 0 Å². The molecule has 0 fully saturated rings. The monoisotopic (exact) mass is 436 g/mol. The second kappa shape index (κ2) is 8.27. The first-order valence-corrected chi connectivity index (χ1v) is 10.5. The second-order valence-electron chi connectivity index (χ2n) is 6.83. The number of rotatable bonds is 5. The second-order valence-corrected chi connectivity index (χ2v) is 7.77. The van der Waals surface area contributed by atoms with Gasteiger partial charge in [0.05, 0.1) is 35.1 Å². The minimum Gasteiger partial charge on any atom is -0.468 e. The first-order valence-electron chi connectivity index (χ1n) is 9.50. The summed E-state index contributed by atoms with van der Waals surface area (Å²) < 4.78 is 9.22. The van der Waals surface area contributed by atoms with Gasteiger partial charge in [0.1, 0.15) is 5.69 Å². The van der Waals surface area contributed by atoms with Crippen LogP contribution in [0, 0.1) is 6.92 Å². The van der Waals surface area contributed by atoms with E-state index in [0.717, 1.165) is 11.8 Å². The van der Waals surface area contributed by atoms with Gasteiger partial charge in [-0.3, -0.25) is 19.1 Å². The van der Waals surface area contributed by atoms with Crippen LogP contribution in [0.25, 0.3) is 22.3 Å². The Morgan fingerprint density at radius 3 is 2.42 bits per heavy atom. The number of thioether (sulfide) groups is 1. The van der Waals surface area contributed by atoms with Gasteiger partial charge in [0.15, 0.2) is 5.16 Å². The highest BCUT2D eigenvalue weighted by Gasteiger charge is 2.23. The smallest absolute Gasteiger partial charge is 0.316 e. The van der Waals surface area contributed by atoms with Gasteiger partial charge in [-0.25, -0.2) is 14.2 Å². The Labute approximate surface area is 181 Å². The molecule has 0 radical (unpaired) electrons. The van der Waals surface area contributed by atoms with Crippen LogP contribution in [0.1, 0.15) is 5.69 Å². The summed E-state index contributed by atoms with van der Waals surface area (Å²) in [6.07, 6.45) is 0.